The fraction of sp³-hybridized carbons (Fsp3) is 0.167. The average molecular weight is 371 g/mol. The highest BCUT2D eigenvalue weighted by Gasteiger charge is 2.10. The second-order valence-corrected chi connectivity index (χ2v) is 6.70. The van der Waals surface area contributed by atoms with E-state index in [2.05, 4.69) is 6.07 Å². The molecular formula is C24H21NO3. The number of rotatable bonds is 5. The number of benzene rings is 3. The number of hydrogen-bond donors (Lipinski definition) is 0. The monoisotopic (exact) mass is 371 g/mol. The quantitative estimate of drug-likeness (QED) is 0.460. The van der Waals surface area contributed by atoms with Crippen molar-refractivity contribution >= 4 is 5.97 Å². The topological polar surface area (TPSA) is 59.3 Å². The van der Waals surface area contributed by atoms with Gasteiger partial charge in [0.1, 0.15) is 11.5 Å². The zero-order valence-electron chi connectivity index (χ0n) is 16.2. The summed E-state index contributed by atoms with van der Waals surface area (Å²) in [7, 11) is 0. The SMILES string of the molecule is Cc1cc(C)c(OCC(=O)Oc2ccc(-c3ccc(C#N)cc3)cc2)c(C)c1. The van der Waals surface area contributed by atoms with Crippen LogP contribution in [0.5, 0.6) is 11.5 Å². The Labute approximate surface area is 165 Å². The van der Waals surface area contributed by atoms with Crippen LogP contribution < -0.4 is 9.47 Å². The molecule has 0 unspecified atom stereocenters. The summed E-state index contributed by atoms with van der Waals surface area (Å²) in [6.07, 6.45) is 0. The van der Waals surface area contributed by atoms with Crippen molar-refractivity contribution in [2.24, 2.45) is 0 Å². The van der Waals surface area contributed by atoms with Gasteiger partial charge in [-0.15, -0.1) is 0 Å². The van der Waals surface area contributed by atoms with E-state index in [1.165, 1.54) is 0 Å². The van der Waals surface area contributed by atoms with Crippen LogP contribution in [0.3, 0.4) is 0 Å². The molecule has 3 rings (SSSR count). The van der Waals surface area contributed by atoms with Gasteiger partial charge in [-0.05, 0) is 67.3 Å². The molecule has 4 nitrogen and oxygen atoms in total. The third kappa shape index (κ3) is 4.57. The maximum atomic E-state index is 12.1. The molecule has 0 aliphatic heterocycles. The molecule has 0 atom stereocenters. The van der Waals surface area contributed by atoms with Crippen LogP contribution >= 0.6 is 0 Å². The van der Waals surface area contributed by atoms with E-state index >= 15 is 0 Å². The molecule has 3 aromatic carbocycles. The molecule has 0 aliphatic carbocycles. The number of hydrogen-bond acceptors (Lipinski definition) is 4. The summed E-state index contributed by atoms with van der Waals surface area (Å²) in [4.78, 5) is 12.1. The first-order valence-corrected chi connectivity index (χ1v) is 8.98. The Kier molecular flexibility index (Phi) is 5.76. The lowest BCUT2D eigenvalue weighted by atomic mass is 10.0. The van der Waals surface area contributed by atoms with Crippen molar-refractivity contribution in [2.75, 3.05) is 6.61 Å². The Morgan fingerprint density at radius 2 is 1.43 bits per heavy atom. The van der Waals surface area contributed by atoms with Crippen LogP contribution in [0, 0.1) is 32.1 Å². The summed E-state index contributed by atoms with van der Waals surface area (Å²) < 4.78 is 11.0. The first kappa shape index (κ1) is 19.2. The summed E-state index contributed by atoms with van der Waals surface area (Å²) in [5.41, 5.74) is 5.74. The molecule has 0 bridgehead atoms. The van der Waals surface area contributed by atoms with Gasteiger partial charge in [0.2, 0.25) is 0 Å². The molecule has 0 spiro atoms. The van der Waals surface area contributed by atoms with Gasteiger partial charge in [-0.3, -0.25) is 0 Å². The van der Waals surface area contributed by atoms with Crippen LogP contribution in [0.15, 0.2) is 60.7 Å². The molecule has 0 heterocycles. The fourth-order valence-corrected chi connectivity index (χ4v) is 3.14. The van der Waals surface area contributed by atoms with Crippen LogP contribution in [0.25, 0.3) is 11.1 Å². The molecule has 140 valence electrons. The van der Waals surface area contributed by atoms with E-state index in [-0.39, 0.29) is 6.61 Å². The van der Waals surface area contributed by atoms with Crippen molar-refractivity contribution in [3.63, 3.8) is 0 Å². The minimum absolute atomic E-state index is 0.151. The minimum Gasteiger partial charge on any atom is -0.481 e. The van der Waals surface area contributed by atoms with E-state index < -0.39 is 5.97 Å². The second-order valence-electron chi connectivity index (χ2n) is 6.70. The molecule has 3 aromatic rings. The molecule has 4 heteroatoms. The van der Waals surface area contributed by atoms with Gasteiger partial charge in [0.15, 0.2) is 6.61 Å². The summed E-state index contributed by atoms with van der Waals surface area (Å²) >= 11 is 0. The molecule has 0 N–H and O–H groups in total. The van der Waals surface area contributed by atoms with Gasteiger partial charge in [0, 0.05) is 0 Å². The van der Waals surface area contributed by atoms with Crippen molar-refractivity contribution in [1.82, 2.24) is 0 Å². The Morgan fingerprint density at radius 1 is 0.893 bits per heavy atom. The van der Waals surface area contributed by atoms with E-state index in [0.29, 0.717) is 11.3 Å². The van der Waals surface area contributed by atoms with E-state index in [1.54, 1.807) is 24.3 Å². The number of carbonyl (C=O) groups is 1. The van der Waals surface area contributed by atoms with Crippen molar-refractivity contribution in [1.29, 1.82) is 5.26 Å². The highest BCUT2D eigenvalue weighted by Crippen LogP contribution is 2.25. The molecule has 0 saturated heterocycles. The Bertz CT molecular complexity index is 1010. The van der Waals surface area contributed by atoms with Crippen molar-refractivity contribution in [3.05, 3.63) is 82.9 Å². The zero-order chi connectivity index (χ0) is 20.1. The van der Waals surface area contributed by atoms with Crippen molar-refractivity contribution in [3.8, 4) is 28.7 Å². The van der Waals surface area contributed by atoms with Gasteiger partial charge < -0.3 is 9.47 Å². The van der Waals surface area contributed by atoms with E-state index in [4.69, 9.17) is 14.7 Å². The Hall–Kier alpha value is -3.58. The molecule has 28 heavy (non-hydrogen) atoms. The maximum absolute atomic E-state index is 12.1. The summed E-state index contributed by atoms with van der Waals surface area (Å²) in [6.45, 7) is 5.80. The summed E-state index contributed by atoms with van der Waals surface area (Å²) in [5.74, 6) is 0.729. The van der Waals surface area contributed by atoms with Gasteiger partial charge in [-0.25, -0.2) is 4.79 Å². The minimum atomic E-state index is -0.453. The molecule has 0 aromatic heterocycles. The van der Waals surface area contributed by atoms with Crippen molar-refractivity contribution < 1.29 is 14.3 Å². The van der Waals surface area contributed by atoms with E-state index in [1.807, 2.05) is 57.2 Å². The largest absolute Gasteiger partial charge is 0.481 e. The van der Waals surface area contributed by atoms with E-state index in [0.717, 1.165) is 33.6 Å². The van der Waals surface area contributed by atoms with Crippen LogP contribution in [-0.4, -0.2) is 12.6 Å². The van der Waals surface area contributed by atoms with Gasteiger partial charge in [0.05, 0.1) is 11.6 Å². The van der Waals surface area contributed by atoms with Gasteiger partial charge >= 0.3 is 5.97 Å². The van der Waals surface area contributed by atoms with Gasteiger partial charge in [-0.2, -0.15) is 5.26 Å². The normalized spacial score (nSPS) is 10.2. The van der Waals surface area contributed by atoms with Crippen LogP contribution in [-0.2, 0) is 4.79 Å². The number of aryl methyl sites for hydroxylation is 3. The molecule has 0 amide bonds. The van der Waals surface area contributed by atoms with Crippen LogP contribution in [0.4, 0.5) is 0 Å². The molecule has 0 saturated carbocycles. The smallest absolute Gasteiger partial charge is 0.349 e. The first-order valence-electron chi connectivity index (χ1n) is 8.98. The van der Waals surface area contributed by atoms with Crippen molar-refractivity contribution in [2.45, 2.75) is 20.8 Å². The van der Waals surface area contributed by atoms with Gasteiger partial charge in [0.25, 0.3) is 0 Å². The van der Waals surface area contributed by atoms with Gasteiger partial charge in [-0.1, -0.05) is 42.0 Å². The van der Waals surface area contributed by atoms with Crippen LogP contribution in [0.2, 0.25) is 0 Å². The predicted octanol–water partition coefficient (Wildman–Crippen LogP) is 5.13. The molecule has 0 aliphatic rings. The standard InChI is InChI=1S/C24H21NO3/c1-16-12-17(2)24(18(3)13-16)27-15-23(26)28-22-10-8-21(9-11-22)20-6-4-19(14-25)5-7-20/h4-13H,15H2,1-3H3. The molecular weight excluding hydrogens is 350 g/mol. The van der Waals surface area contributed by atoms with Crippen LogP contribution in [0.1, 0.15) is 22.3 Å². The average Bonchev–Trinajstić information content (AvgIpc) is 2.68. The molecule has 0 radical (unpaired) electrons. The lowest BCUT2D eigenvalue weighted by molar-refractivity contribution is -0.136. The lowest BCUT2D eigenvalue weighted by Crippen LogP contribution is -2.18. The van der Waals surface area contributed by atoms with E-state index in [9.17, 15) is 4.79 Å². The third-order valence-electron chi connectivity index (χ3n) is 4.37. The Balaban J connectivity index is 1.61. The highest BCUT2D eigenvalue weighted by molar-refractivity contribution is 5.74. The third-order valence-corrected chi connectivity index (χ3v) is 4.37. The maximum Gasteiger partial charge on any atom is 0.349 e. The zero-order valence-corrected chi connectivity index (χ0v) is 16.2. The number of nitriles is 1. The fourth-order valence-electron chi connectivity index (χ4n) is 3.14. The number of carbonyl (C=O) groups excluding carboxylic acids is 1. The summed E-state index contributed by atoms with van der Waals surface area (Å²) in [5, 5.41) is 8.87. The second kappa shape index (κ2) is 8.41. The Morgan fingerprint density at radius 3 is 1.96 bits per heavy atom. The number of nitrogens with zero attached hydrogens (tertiary/aromatic N) is 1. The number of esters is 1. The highest BCUT2D eigenvalue weighted by atomic mass is 16.6. The first-order chi connectivity index (χ1) is 13.5. The lowest BCUT2D eigenvalue weighted by Gasteiger charge is -2.13. The predicted molar refractivity (Wildman–Crippen MR) is 108 cm³/mol. The molecule has 0 fully saturated rings. The number of ether oxygens (including phenoxy) is 2. The summed E-state index contributed by atoms with van der Waals surface area (Å²) in [6, 6.07) is 20.7.